The zero-order valence-electron chi connectivity index (χ0n) is 17.4. The van der Waals surface area contributed by atoms with Gasteiger partial charge < -0.3 is 9.47 Å². The molecular weight excluding hydrogens is 417 g/mol. The van der Waals surface area contributed by atoms with Gasteiger partial charge >= 0.3 is 6.18 Å². The Labute approximate surface area is 183 Å². The summed E-state index contributed by atoms with van der Waals surface area (Å²) in [5.74, 6) is 0.211. The highest BCUT2D eigenvalue weighted by Gasteiger charge is 2.30. The molecule has 4 rings (SSSR count). The van der Waals surface area contributed by atoms with Crippen molar-refractivity contribution >= 4 is 17.9 Å². The minimum Gasteiger partial charge on any atom is -0.449 e. The van der Waals surface area contributed by atoms with Crippen molar-refractivity contribution < 1.29 is 27.4 Å². The molecule has 0 spiro atoms. The van der Waals surface area contributed by atoms with Gasteiger partial charge in [0.1, 0.15) is 0 Å². The number of rotatable bonds is 2. The number of hydrogen-bond acceptors (Lipinski definition) is 3. The molecule has 1 aliphatic heterocycles. The van der Waals surface area contributed by atoms with Crippen LogP contribution < -0.4 is 9.47 Å². The maximum absolute atomic E-state index is 13.2. The second-order valence-corrected chi connectivity index (χ2v) is 7.53. The summed E-state index contributed by atoms with van der Waals surface area (Å²) in [6.45, 7) is 3.83. The standard InChI is InChI=1S/C26H19F3O3/c1-16-3-6-18(7-4-16)14-23-25(30)24(32-22-13-17(2)5-12-21(22)31-23)15-19-8-10-20(11-9-19)26(27,28)29/h3-15H,1-2H3/b23-14-,24-15-. The molecule has 6 heteroatoms. The first-order valence-electron chi connectivity index (χ1n) is 9.87. The Bertz CT molecular complexity index is 1220. The molecule has 1 aliphatic rings. The highest BCUT2D eigenvalue weighted by molar-refractivity contribution is 6.11. The minimum atomic E-state index is -4.44. The van der Waals surface area contributed by atoms with Gasteiger partial charge in [-0.15, -0.1) is 0 Å². The molecule has 3 aromatic carbocycles. The first-order valence-corrected chi connectivity index (χ1v) is 9.87. The summed E-state index contributed by atoms with van der Waals surface area (Å²) in [5.41, 5.74) is 2.37. The molecule has 0 fully saturated rings. The maximum Gasteiger partial charge on any atom is 0.416 e. The molecule has 0 N–H and O–H groups in total. The van der Waals surface area contributed by atoms with Gasteiger partial charge in [0.2, 0.25) is 0 Å². The third kappa shape index (κ3) is 4.75. The van der Waals surface area contributed by atoms with Crippen LogP contribution in [0.3, 0.4) is 0 Å². The van der Waals surface area contributed by atoms with Crippen molar-refractivity contribution in [3.8, 4) is 11.5 Å². The lowest BCUT2D eigenvalue weighted by Gasteiger charge is -2.08. The van der Waals surface area contributed by atoms with E-state index in [1.165, 1.54) is 18.2 Å². The van der Waals surface area contributed by atoms with Crippen LogP contribution in [0.1, 0.15) is 27.8 Å². The number of fused-ring (bicyclic) bond motifs is 1. The van der Waals surface area contributed by atoms with Crippen LogP contribution in [0.2, 0.25) is 0 Å². The molecule has 0 atom stereocenters. The van der Waals surface area contributed by atoms with E-state index >= 15 is 0 Å². The van der Waals surface area contributed by atoms with Gasteiger partial charge in [0.05, 0.1) is 5.56 Å². The summed E-state index contributed by atoms with van der Waals surface area (Å²) >= 11 is 0. The smallest absolute Gasteiger partial charge is 0.416 e. The van der Waals surface area contributed by atoms with E-state index in [9.17, 15) is 18.0 Å². The fourth-order valence-corrected chi connectivity index (χ4v) is 3.15. The van der Waals surface area contributed by atoms with E-state index in [0.29, 0.717) is 17.1 Å². The molecule has 0 saturated heterocycles. The topological polar surface area (TPSA) is 35.5 Å². The molecular formula is C26H19F3O3. The number of hydrogen-bond donors (Lipinski definition) is 0. The van der Waals surface area contributed by atoms with Crippen LogP contribution in [-0.2, 0) is 11.0 Å². The van der Waals surface area contributed by atoms with Crippen LogP contribution in [0, 0.1) is 13.8 Å². The third-order valence-corrected chi connectivity index (χ3v) is 4.90. The van der Waals surface area contributed by atoms with Crippen molar-refractivity contribution in [2.45, 2.75) is 20.0 Å². The summed E-state index contributed by atoms with van der Waals surface area (Å²) in [4.78, 5) is 13.2. The molecule has 3 aromatic rings. The predicted octanol–water partition coefficient (Wildman–Crippen LogP) is 6.74. The SMILES string of the molecule is Cc1ccc(/C=C2\Oc3ccc(C)cc3O/C(=C\c3ccc(C(F)(F)F)cc3)C2=O)cc1. The van der Waals surface area contributed by atoms with Crippen LogP contribution in [0.5, 0.6) is 11.5 Å². The Hall–Kier alpha value is -3.80. The van der Waals surface area contributed by atoms with Crippen LogP contribution in [-0.4, -0.2) is 5.78 Å². The van der Waals surface area contributed by atoms with Gasteiger partial charge in [0.15, 0.2) is 23.0 Å². The van der Waals surface area contributed by atoms with Gasteiger partial charge in [-0.3, -0.25) is 4.79 Å². The molecule has 3 nitrogen and oxygen atoms in total. The van der Waals surface area contributed by atoms with E-state index in [-0.39, 0.29) is 11.5 Å². The molecule has 162 valence electrons. The fourth-order valence-electron chi connectivity index (χ4n) is 3.15. The van der Waals surface area contributed by atoms with Crippen molar-refractivity contribution in [2.75, 3.05) is 0 Å². The lowest BCUT2D eigenvalue weighted by atomic mass is 10.1. The first-order chi connectivity index (χ1) is 15.2. The van der Waals surface area contributed by atoms with Crippen molar-refractivity contribution in [1.29, 1.82) is 0 Å². The van der Waals surface area contributed by atoms with E-state index in [0.717, 1.165) is 28.8 Å². The Morgan fingerprint density at radius 1 is 0.688 bits per heavy atom. The van der Waals surface area contributed by atoms with Gasteiger partial charge in [0, 0.05) is 0 Å². The van der Waals surface area contributed by atoms with Crippen LogP contribution >= 0.6 is 0 Å². The van der Waals surface area contributed by atoms with Gasteiger partial charge in [-0.2, -0.15) is 13.2 Å². The largest absolute Gasteiger partial charge is 0.449 e. The number of ether oxygens (including phenoxy) is 2. The summed E-state index contributed by atoms with van der Waals surface area (Å²) in [6.07, 6.45) is -1.42. The number of Topliss-reactive ketones (excluding diaryl/α,β-unsaturated/α-hetero) is 1. The fraction of sp³-hybridized carbons (Fsp3) is 0.115. The molecule has 0 saturated carbocycles. The van der Waals surface area contributed by atoms with Gasteiger partial charge in [0.25, 0.3) is 5.78 Å². The second kappa shape index (κ2) is 8.38. The lowest BCUT2D eigenvalue weighted by molar-refractivity contribution is -0.137. The minimum absolute atomic E-state index is 0.0486. The predicted molar refractivity (Wildman–Crippen MR) is 116 cm³/mol. The molecule has 0 amide bonds. The van der Waals surface area contributed by atoms with E-state index in [1.54, 1.807) is 18.2 Å². The first kappa shape index (κ1) is 21.4. The molecule has 32 heavy (non-hydrogen) atoms. The average molecular weight is 436 g/mol. The van der Waals surface area contributed by atoms with Gasteiger partial charge in [-0.05, 0) is 67.0 Å². The van der Waals surface area contributed by atoms with Crippen LogP contribution in [0.25, 0.3) is 12.2 Å². The summed E-state index contributed by atoms with van der Waals surface area (Å²) in [7, 11) is 0. The number of halogens is 3. The summed E-state index contributed by atoms with van der Waals surface area (Å²) in [5, 5.41) is 0. The molecule has 0 radical (unpaired) electrons. The monoisotopic (exact) mass is 436 g/mol. The van der Waals surface area contributed by atoms with E-state index in [1.807, 2.05) is 44.2 Å². The van der Waals surface area contributed by atoms with Gasteiger partial charge in [-0.1, -0.05) is 48.0 Å². The number of carbonyl (C=O) groups excluding carboxylic acids is 1. The van der Waals surface area contributed by atoms with Crippen molar-refractivity contribution in [3.05, 3.63) is 106 Å². The normalized spacial score (nSPS) is 16.3. The third-order valence-electron chi connectivity index (χ3n) is 4.90. The Balaban J connectivity index is 1.77. The maximum atomic E-state index is 13.2. The summed E-state index contributed by atoms with van der Waals surface area (Å²) < 4.78 is 50.3. The number of benzene rings is 3. The van der Waals surface area contributed by atoms with E-state index in [4.69, 9.17) is 9.47 Å². The van der Waals surface area contributed by atoms with Crippen LogP contribution in [0.15, 0.2) is 78.2 Å². The number of ketones is 1. The highest BCUT2D eigenvalue weighted by Crippen LogP contribution is 2.36. The molecule has 0 aliphatic carbocycles. The van der Waals surface area contributed by atoms with Crippen molar-refractivity contribution in [3.63, 3.8) is 0 Å². The second-order valence-electron chi connectivity index (χ2n) is 7.53. The summed E-state index contributed by atoms with van der Waals surface area (Å²) in [6, 6.07) is 17.3. The lowest BCUT2D eigenvalue weighted by Crippen LogP contribution is -2.12. The molecule has 0 bridgehead atoms. The Morgan fingerprint density at radius 2 is 1.19 bits per heavy atom. The molecule has 0 unspecified atom stereocenters. The van der Waals surface area contributed by atoms with Crippen molar-refractivity contribution in [2.24, 2.45) is 0 Å². The Morgan fingerprint density at radius 3 is 1.75 bits per heavy atom. The van der Waals surface area contributed by atoms with Gasteiger partial charge in [-0.25, -0.2) is 0 Å². The number of carbonyl (C=O) groups is 1. The average Bonchev–Trinajstić information content (AvgIpc) is 2.86. The number of alkyl halides is 3. The quantitative estimate of drug-likeness (QED) is 0.417. The highest BCUT2D eigenvalue weighted by atomic mass is 19.4. The number of aryl methyl sites for hydroxylation is 2. The van der Waals surface area contributed by atoms with E-state index < -0.39 is 17.5 Å². The zero-order chi connectivity index (χ0) is 22.9. The molecule has 1 heterocycles. The van der Waals surface area contributed by atoms with Crippen molar-refractivity contribution in [1.82, 2.24) is 0 Å². The van der Waals surface area contributed by atoms with Crippen LogP contribution in [0.4, 0.5) is 13.2 Å². The zero-order valence-corrected chi connectivity index (χ0v) is 17.4. The molecule has 0 aromatic heterocycles. The Kier molecular flexibility index (Phi) is 5.61. The van der Waals surface area contributed by atoms with E-state index in [2.05, 4.69) is 0 Å².